The molecule has 2 N–H and O–H groups in total. The number of rotatable bonds is 7. The molecule has 4 heteroatoms. The van der Waals surface area contributed by atoms with E-state index < -0.39 is 0 Å². The van der Waals surface area contributed by atoms with E-state index in [-0.39, 0.29) is 5.60 Å². The number of ether oxygens (including phenoxy) is 1. The number of H-pyrrole nitrogens is 1. The molecule has 2 heterocycles. The fraction of sp³-hybridized carbons (Fsp3) is 0.682. The van der Waals surface area contributed by atoms with E-state index >= 15 is 0 Å². The molecular weight excluding hydrogens is 322 g/mol. The third-order valence-corrected chi connectivity index (χ3v) is 5.71. The molecule has 0 radical (unpaired) electrons. The van der Waals surface area contributed by atoms with Crippen molar-refractivity contribution < 1.29 is 4.74 Å². The number of hydrogen-bond acceptors (Lipinski definition) is 3. The van der Waals surface area contributed by atoms with Gasteiger partial charge in [-0.2, -0.15) is 5.10 Å². The smallest absolute Gasteiger partial charge is 0.0689 e. The lowest BCUT2D eigenvalue weighted by molar-refractivity contribution is -0.0876. The minimum atomic E-state index is 0.196. The normalized spacial score (nSPS) is 21.1. The minimum Gasteiger partial charge on any atom is -0.385 e. The first-order chi connectivity index (χ1) is 12.6. The highest BCUT2D eigenvalue weighted by atomic mass is 16.5. The van der Waals surface area contributed by atoms with Crippen LogP contribution in [0.5, 0.6) is 0 Å². The van der Waals surface area contributed by atoms with Crippen molar-refractivity contribution in [2.45, 2.75) is 77.2 Å². The van der Waals surface area contributed by atoms with Gasteiger partial charge >= 0.3 is 0 Å². The third-order valence-electron chi connectivity index (χ3n) is 5.71. The summed E-state index contributed by atoms with van der Waals surface area (Å²) in [5, 5.41) is 10.2. The van der Waals surface area contributed by atoms with Gasteiger partial charge in [0.05, 0.1) is 11.8 Å². The lowest BCUT2D eigenvalue weighted by Gasteiger charge is -2.39. The molecule has 0 unspecified atom stereocenters. The maximum atomic E-state index is 6.02. The zero-order valence-electron chi connectivity index (χ0n) is 16.8. The summed E-state index contributed by atoms with van der Waals surface area (Å²) < 4.78 is 6.02. The Morgan fingerprint density at radius 2 is 2.23 bits per heavy atom. The summed E-state index contributed by atoms with van der Waals surface area (Å²) in [7, 11) is 0. The zero-order valence-corrected chi connectivity index (χ0v) is 16.8. The highest BCUT2D eigenvalue weighted by Gasteiger charge is 2.40. The summed E-state index contributed by atoms with van der Waals surface area (Å²) >= 11 is 0. The Bertz CT molecular complexity index is 557. The molecule has 1 aliphatic carbocycles. The summed E-state index contributed by atoms with van der Waals surface area (Å²) in [5.74, 6) is 0.590. The van der Waals surface area contributed by atoms with Gasteiger partial charge in [-0.25, -0.2) is 0 Å². The molecule has 1 saturated carbocycles. The largest absolute Gasteiger partial charge is 0.385 e. The Hall–Kier alpha value is -1.55. The summed E-state index contributed by atoms with van der Waals surface area (Å²) in [6.45, 7) is 13.9. The van der Waals surface area contributed by atoms with Crippen molar-refractivity contribution in [1.82, 2.24) is 15.5 Å². The molecule has 2 fully saturated rings. The van der Waals surface area contributed by atoms with Crippen LogP contribution in [-0.2, 0) is 11.2 Å². The second-order valence-electron chi connectivity index (χ2n) is 7.75. The number of hydrogen-bond donors (Lipinski definition) is 2. The van der Waals surface area contributed by atoms with E-state index in [0.717, 1.165) is 26.0 Å². The predicted octanol–water partition coefficient (Wildman–Crippen LogP) is 5.08. The van der Waals surface area contributed by atoms with E-state index in [1.807, 2.05) is 12.3 Å². The number of aromatic nitrogens is 2. The second kappa shape index (κ2) is 10.6. The molecule has 1 aromatic heterocycles. The predicted molar refractivity (Wildman–Crippen MR) is 109 cm³/mol. The molecule has 2 aliphatic rings. The second-order valence-corrected chi connectivity index (χ2v) is 7.75. The molecule has 0 aromatic carbocycles. The SMILES string of the molecule is C=CCNC(=C)[C@@H]1CCOC2(CCCC2)C1.CCCCc1cn[nH]c1C. The Labute approximate surface area is 159 Å². The molecule has 4 nitrogen and oxygen atoms in total. The van der Waals surface area contributed by atoms with Gasteiger partial charge in [0, 0.05) is 30.5 Å². The van der Waals surface area contributed by atoms with Crippen LogP contribution in [0.2, 0.25) is 0 Å². The van der Waals surface area contributed by atoms with Crippen LogP contribution in [0.4, 0.5) is 0 Å². The van der Waals surface area contributed by atoms with E-state index in [1.54, 1.807) is 0 Å². The van der Waals surface area contributed by atoms with E-state index in [9.17, 15) is 0 Å². The fourth-order valence-electron chi connectivity index (χ4n) is 4.04. The first-order valence-corrected chi connectivity index (χ1v) is 10.3. The van der Waals surface area contributed by atoms with Crippen molar-refractivity contribution in [1.29, 1.82) is 0 Å². The number of nitrogens with one attached hydrogen (secondary N) is 2. The van der Waals surface area contributed by atoms with E-state index in [1.165, 1.54) is 61.9 Å². The van der Waals surface area contributed by atoms with Crippen molar-refractivity contribution in [3.63, 3.8) is 0 Å². The summed E-state index contributed by atoms with van der Waals surface area (Å²) in [6, 6.07) is 0. The van der Waals surface area contributed by atoms with Crippen molar-refractivity contribution in [3.05, 3.63) is 42.4 Å². The van der Waals surface area contributed by atoms with Gasteiger partial charge in [0.15, 0.2) is 0 Å². The third kappa shape index (κ3) is 6.01. The summed E-state index contributed by atoms with van der Waals surface area (Å²) in [5.41, 5.74) is 3.95. The molecule has 3 rings (SSSR count). The molecule has 26 heavy (non-hydrogen) atoms. The Balaban J connectivity index is 0.000000209. The zero-order chi connectivity index (χ0) is 18.8. The van der Waals surface area contributed by atoms with Gasteiger partial charge in [0.25, 0.3) is 0 Å². The molecule has 1 spiro atoms. The average molecular weight is 360 g/mol. The lowest BCUT2D eigenvalue weighted by atomic mass is 9.83. The van der Waals surface area contributed by atoms with Crippen molar-refractivity contribution in [2.24, 2.45) is 5.92 Å². The maximum Gasteiger partial charge on any atom is 0.0689 e. The van der Waals surface area contributed by atoms with Crippen molar-refractivity contribution in [3.8, 4) is 0 Å². The van der Waals surface area contributed by atoms with Gasteiger partial charge in [-0.3, -0.25) is 5.10 Å². The first kappa shape index (κ1) is 20.8. The molecule has 1 aromatic rings. The molecule has 146 valence electrons. The molecular formula is C22H37N3O. The molecule has 0 bridgehead atoms. The van der Waals surface area contributed by atoms with Gasteiger partial charge in [0.1, 0.15) is 0 Å². The minimum absolute atomic E-state index is 0.196. The van der Waals surface area contributed by atoms with E-state index in [2.05, 4.69) is 42.5 Å². The number of aromatic amines is 1. The number of aryl methyl sites for hydroxylation is 2. The standard InChI is InChI=1S/C14H23NO.C8H14N2/c1-3-9-15-12(2)13-6-10-16-14(11-13)7-4-5-8-14;1-3-4-5-8-6-9-10-7(8)2/h3,13,15H,1-2,4-11H2;6H,3-5H2,1-2H3,(H,9,10)/t13-;/m1./s1. The summed E-state index contributed by atoms with van der Waals surface area (Å²) in [6.07, 6.45) is 14.9. The highest BCUT2D eigenvalue weighted by Crippen LogP contribution is 2.43. The maximum absolute atomic E-state index is 6.02. The Kier molecular flexibility index (Phi) is 8.43. The molecule has 1 aliphatic heterocycles. The molecule has 1 atom stereocenters. The molecule has 0 amide bonds. The lowest BCUT2D eigenvalue weighted by Crippen LogP contribution is -2.39. The van der Waals surface area contributed by atoms with Crippen molar-refractivity contribution in [2.75, 3.05) is 13.2 Å². The summed E-state index contributed by atoms with van der Waals surface area (Å²) in [4.78, 5) is 0. The van der Waals surface area contributed by atoms with Crippen LogP contribution in [-0.4, -0.2) is 29.0 Å². The number of unbranched alkanes of at least 4 members (excludes halogenated alkanes) is 1. The Morgan fingerprint density at radius 1 is 1.46 bits per heavy atom. The van der Waals surface area contributed by atoms with Crippen LogP contribution in [0.15, 0.2) is 31.1 Å². The number of allylic oxidation sites excluding steroid dienone is 1. The quantitative estimate of drug-likeness (QED) is 0.668. The topological polar surface area (TPSA) is 49.9 Å². The van der Waals surface area contributed by atoms with Gasteiger partial charge < -0.3 is 10.1 Å². The van der Waals surface area contributed by atoms with Crippen molar-refractivity contribution >= 4 is 0 Å². The number of nitrogens with zero attached hydrogens (tertiary/aromatic N) is 1. The first-order valence-electron chi connectivity index (χ1n) is 10.3. The van der Waals surface area contributed by atoms with Gasteiger partial charge in [0.2, 0.25) is 0 Å². The van der Waals surface area contributed by atoms with Gasteiger partial charge in [-0.1, -0.05) is 38.8 Å². The van der Waals surface area contributed by atoms with Crippen LogP contribution in [0.25, 0.3) is 0 Å². The van der Waals surface area contributed by atoms with Crippen LogP contribution in [0.1, 0.15) is 69.5 Å². The van der Waals surface area contributed by atoms with Crippen LogP contribution in [0.3, 0.4) is 0 Å². The van der Waals surface area contributed by atoms with Crippen LogP contribution in [0, 0.1) is 12.8 Å². The van der Waals surface area contributed by atoms with Crippen LogP contribution < -0.4 is 5.32 Å². The van der Waals surface area contributed by atoms with Gasteiger partial charge in [-0.15, -0.1) is 6.58 Å². The van der Waals surface area contributed by atoms with E-state index in [4.69, 9.17) is 4.74 Å². The fourth-order valence-corrected chi connectivity index (χ4v) is 4.04. The molecule has 1 saturated heterocycles. The average Bonchev–Trinajstić information content (AvgIpc) is 3.27. The monoisotopic (exact) mass is 359 g/mol. The van der Waals surface area contributed by atoms with Gasteiger partial charge in [-0.05, 0) is 51.0 Å². The van der Waals surface area contributed by atoms with Crippen LogP contribution >= 0.6 is 0 Å². The van der Waals surface area contributed by atoms with E-state index in [0.29, 0.717) is 5.92 Å². The highest BCUT2D eigenvalue weighted by molar-refractivity contribution is 5.14. The Morgan fingerprint density at radius 3 is 2.85 bits per heavy atom.